The van der Waals surface area contributed by atoms with Gasteiger partial charge in [-0.3, -0.25) is 4.79 Å². The highest BCUT2D eigenvalue weighted by Crippen LogP contribution is 2.11. The minimum atomic E-state index is -0.293. The average molecular weight is 153 g/mol. The fraction of sp³-hybridized carbons (Fsp3) is 0. The smallest absolute Gasteiger partial charge is 0.218 e. The van der Waals surface area contributed by atoms with Crippen LogP contribution in [0.4, 0.5) is 5.69 Å². The van der Waals surface area contributed by atoms with E-state index in [2.05, 4.69) is 12.6 Å². The summed E-state index contributed by atoms with van der Waals surface area (Å²) in [4.78, 5) is 10.7. The zero-order valence-corrected chi connectivity index (χ0v) is 6.14. The maximum absolute atomic E-state index is 10.7. The Bertz CT molecular complexity index is 260. The van der Waals surface area contributed by atoms with Crippen molar-refractivity contribution in [2.75, 3.05) is 5.73 Å². The number of carbonyl (C=O) groups excluding carboxylic acids is 1. The van der Waals surface area contributed by atoms with Gasteiger partial charge in [-0.1, -0.05) is 12.1 Å². The molecule has 10 heavy (non-hydrogen) atoms. The molecule has 3 heteroatoms. The van der Waals surface area contributed by atoms with Crippen LogP contribution in [0, 0.1) is 0 Å². The Labute approximate surface area is 64.5 Å². The predicted octanol–water partition coefficient (Wildman–Crippen LogP) is 1.34. The number of benzene rings is 1. The maximum Gasteiger partial charge on any atom is 0.218 e. The minimum Gasteiger partial charge on any atom is -0.398 e. The van der Waals surface area contributed by atoms with Crippen molar-refractivity contribution in [3.63, 3.8) is 0 Å². The Balaban J connectivity index is 3.15. The molecule has 0 heterocycles. The summed E-state index contributed by atoms with van der Waals surface area (Å²) in [7, 11) is 0. The van der Waals surface area contributed by atoms with Crippen molar-refractivity contribution in [1.29, 1.82) is 0 Å². The number of rotatable bonds is 1. The molecule has 0 saturated heterocycles. The molecule has 0 aliphatic heterocycles. The molecule has 0 aliphatic carbocycles. The van der Waals surface area contributed by atoms with Crippen LogP contribution >= 0.6 is 12.6 Å². The van der Waals surface area contributed by atoms with E-state index < -0.39 is 0 Å². The van der Waals surface area contributed by atoms with Crippen LogP contribution < -0.4 is 5.73 Å². The molecule has 0 saturated carbocycles. The first kappa shape index (κ1) is 7.15. The van der Waals surface area contributed by atoms with Gasteiger partial charge in [0.1, 0.15) is 0 Å². The van der Waals surface area contributed by atoms with E-state index in [4.69, 9.17) is 5.73 Å². The van der Waals surface area contributed by atoms with Crippen molar-refractivity contribution in [1.82, 2.24) is 0 Å². The molecule has 0 aliphatic rings. The highest BCUT2D eigenvalue weighted by Gasteiger charge is 2.01. The molecule has 0 aromatic heterocycles. The Morgan fingerprint density at radius 1 is 1.40 bits per heavy atom. The quantitative estimate of drug-likeness (QED) is 0.472. The summed E-state index contributed by atoms with van der Waals surface area (Å²) < 4.78 is 0. The number of hydrogen-bond acceptors (Lipinski definition) is 2. The highest BCUT2D eigenvalue weighted by molar-refractivity contribution is 7.97. The maximum atomic E-state index is 10.7. The fourth-order valence-electron chi connectivity index (χ4n) is 0.692. The third kappa shape index (κ3) is 1.30. The molecule has 1 rings (SSSR count). The number of nitrogen functional groups attached to an aromatic ring is 1. The van der Waals surface area contributed by atoms with Gasteiger partial charge in [0.15, 0.2) is 0 Å². The summed E-state index contributed by atoms with van der Waals surface area (Å²) >= 11 is 3.64. The summed E-state index contributed by atoms with van der Waals surface area (Å²) in [6.07, 6.45) is 0. The molecule has 0 fully saturated rings. The molecule has 2 nitrogen and oxygen atoms in total. The highest BCUT2D eigenvalue weighted by atomic mass is 32.1. The summed E-state index contributed by atoms with van der Waals surface area (Å²) in [5, 5.41) is -0.293. The molecule has 0 atom stereocenters. The molecule has 0 radical (unpaired) electrons. The van der Waals surface area contributed by atoms with E-state index in [9.17, 15) is 4.79 Å². The normalized spacial score (nSPS) is 9.30. The Morgan fingerprint density at radius 2 is 2.00 bits per heavy atom. The Kier molecular flexibility index (Phi) is 1.97. The van der Waals surface area contributed by atoms with Gasteiger partial charge in [0, 0.05) is 5.69 Å². The molecule has 2 N–H and O–H groups in total. The van der Waals surface area contributed by atoms with Gasteiger partial charge < -0.3 is 5.73 Å². The molecule has 0 bridgehead atoms. The summed E-state index contributed by atoms with van der Waals surface area (Å²) in [5.41, 5.74) is 6.39. The standard InChI is InChI=1S/C7H7NOS/c8-6-4-2-1-3-5(6)7(9)10/h1-4H,8H2,(H,9,10). The van der Waals surface area contributed by atoms with Crippen molar-refractivity contribution in [3.05, 3.63) is 29.8 Å². The fourth-order valence-corrected chi connectivity index (χ4v) is 0.895. The van der Waals surface area contributed by atoms with E-state index in [-0.39, 0.29) is 5.12 Å². The minimum absolute atomic E-state index is 0.293. The van der Waals surface area contributed by atoms with Crippen molar-refractivity contribution >= 4 is 23.4 Å². The van der Waals surface area contributed by atoms with Crippen LogP contribution in [0.15, 0.2) is 24.3 Å². The van der Waals surface area contributed by atoms with E-state index in [0.29, 0.717) is 11.3 Å². The zero-order valence-electron chi connectivity index (χ0n) is 5.24. The van der Waals surface area contributed by atoms with E-state index in [0.717, 1.165) is 0 Å². The van der Waals surface area contributed by atoms with Gasteiger partial charge in [0.25, 0.3) is 0 Å². The van der Waals surface area contributed by atoms with Crippen LogP contribution in [0.25, 0.3) is 0 Å². The lowest BCUT2D eigenvalue weighted by atomic mass is 10.2. The molecule has 0 spiro atoms. The third-order valence-corrected chi connectivity index (χ3v) is 1.43. The van der Waals surface area contributed by atoms with Crippen molar-refractivity contribution in [2.24, 2.45) is 0 Å². The molecular formula is C7H7NOS. The topological polar surface area (TPSA) is 43.1 Å². The van der Waals surface area contributed by atoms with Gasteiger partial charge in [0.05, 0.1) is 5.56 Å². The summed E-state index contributed by atoms with van der Waals surface area (Å²) in [6.45, 7) is 0. The number of nitrogens with two attached hydrogens (primary N) is 1. The van der Waals surface area contributed by atoms with Crippen molar-refractivity contribution in [3.8, 4) is 0 Å². The lowest BCUT2D eigenvalue weighted by molar-refractivity contribution is 0.109. The molecular weight excluding hydrogens is 146 g/mol. The van der Waals surface area contributed by atoms with Gasteiger partial charge in [-0.2, -0.15) is 0 Å². The number of thiol groups is 1. The summed E-state index contributed by atoms with van der Waals surface area (Å²) in [6, 6.07) is 6.84. The van der Waals surface area contributed by atoms with Crippen molar-refractivity contribution < 1.29 is 4.79 Å². The van der Waals surface area contributed by atoms with Crippen LogP contribution in [0.2, 0.25) is 0 Å². The largest absolute Gasteiger partial charge is 0.398 e. The summed E-state index contributed by atoms with van der Waals surface area (Å²) in [5.74, 6) is 0. The average Bonchev–Trinajstić information content (AvgIpc) is 1.88. The van der Waals surface area contributed by atoms with E-state index >= 15 is 0 Å². The number of carbonyl (C=O) groups is 1. The van der Waals surface area contributed by atoms with Crippen LogP contribution in [-0.4, -0.2) is 5.12 Å². The van der Waals surface area contributed by atoms with Gasteiger partial charge >= 0.3 is 0 Å². The number of anilines is 1. The Hall–Kier alpha value is -0.960. The monoisotopic (exact) mass is 153 g/mol. The second kappa shape index (κ2) is 2.75. The molecule has 0 amide bonds. The second-order valence-corrected chi connectivity index (χ2v) is 2.30. The molecule has 1 aromatic rings. The van der Waals surface area contributed by atoms with Crippen LogP contribution in [0.5, 0.6) is 0 Å². The van der Waals surface area contributed by atoms with Gasteiger partial charge in [-0.15, -0.1) is 12.6 Å². The third-order valence-electron chi connectivity index (χ3n) is 1.19. The molecule has 1 aromatic carbocycles. The number of para-hydroxylation sites is 1. The van der Waals surface area contributed by atoms with Crippen LogP contribution in [-0.2, 0) is 0 Å². The first-order chi connectivity index (χ1) is 4.72. The van der Waals surface area contributed by atoms with Gasteiger partial charge in [-0.05, 0) is 12.1 Å². The van der Waals surface area contributed by atoms with E-state index in [1.54, 1.807) is 24.3 Å². The van der Waals surface area contributed by atoms with Crippen LogP contribution in [0.1, 0.15) is 10.4 Å². The molecule has 52 valence electrons. The zero-order chi connectivity index (χ0) is 7.56. The van der Waals surface area contributed by atoms with E-state index in [1.165, 1.54) is 0 Å². The number of hydrogen-bond donors (Lipinski definition) is 2. The lowest BCUT2D eigenvalue weighted by Gasteiger charge is -1.97. The van der Waals surface area contributed by atoms with Gasteiger partial charge in [0.2, 0.25) is 5.12 Å². The second-order valence-electron chi connectivity index (χ2n) is 1.89. The Morgan fingerprint density at radius 3 is 2.40 bits per heavy atom. The first-order valence-electron chi connectivity index (χ1n) is 2.79. The van der Waals surface area contributed by atoms with Gasteiger partial charge in [-0.25, -0.2) is 0 Å². The predicted molar refractivity (Wildman–Crippen MR) is 44.2 cm³/mol. The molecule has 0 unspecified atom stereocenters. The lowest BCUT2D eigenvalue weighted by Crippen LogP contribution is -1.95. The first-order valence-corrected chi connectivity index (χ1v) is 3.24. The van der Waals surface area contributed by atoms with E-state index in [1.807, 2.05) is 0 Å². The SMILES string of the molecule is Nc1ccccc1C(=O)S. The van der Waals surface area contributed by atoms with Crippen LogP contribution in [0.3, 0.4) is 0 Å². The van der Waals surface area contributed by atoms with Crippen molar-refractivity contribution in [2.45, 2.75) is 0 Å².